The number of pyridine rings is 1. The van der Waals surface area contributed by atoms with Gasteiger partial charge >= 0.3 is 0 Å². The first kappa shape index (κ1) is 28.6. The summed E-state index contributed by atoms with van der Waals surface area (Å²) >= 11 is 1.99. The number of carbonyl (C=O) groups excluding carboxylic acids is 1. The number of nitrogens with one attached hydrogen (secondary N) is 2. The SMILES string of the molecule is COc1ccc(CSC2(CC(=O)NC3CCC(Nc4cc(N(C)C)c5ccccc5n4)CC3)CCCCC2)cc1. The van der Waals surface area contributed by atoms with Crippen molar-refractivity contribution < 1.29 is 9.53 Å². The smallest absolute Gasteiger partial charge is 0.221 e. The Bertz CT molecular complexity index is 1270. The predicted molar refractivity (Wildman–Crippen MR) is 169 cm³/mol. The van der Waals surface area contributed by atoms with Gasteiger partial charge < -0.3 is 20.3 Å². The Balaban J connectivity index is 1.13. The molecule has 6 nitrogen and oxygen atoms in total. The van der Waals surface area contributed by atoms with Crippen LogP contribution in [0.2, 0.25) is 0 Å². The molecule has 7 heteroatoms. The molecule has 1 aromatic heterocycles. The van der Waals surface area contributed by atoms with E-state index in [2.05, 4.69) is 66.0 Å². The molecular weight excluding hydrogens is 516 g/mol. The van der Waals surface area contributed by atoms with E-state index >= 15 is 0 Å². The monoisotopic (exact) mass is 560 g/mol. The Labute approximate surface area is 243 Å². The number of nitrogens with zero attached hydrogens (tertiary/aromatic N) is 2. The molecule has 0 atom stereocenters. The number of hydrogen-bond donors (Lipinski definition) is 2. The van der Waals surface area contributed by atoms with Crippen LogP contribution >= 0.6 is 11.8 Å². The maximum Gasteiger partial charge on any atom is 0.221 e. The summed E-state index contributed by atoms with van der Waals surface area (Å²) in [6, 6.07) is 19.4. The average molecular weight is 561 g/mol. The van der Waals surface area contributed by atoms with E-state index in [1.165, 1.54) is 35.9 Å². The first-order valence-corrected chi connectivity index (χ1v) is 15.8. The van der Waals surface area contributed by atoms with E-state index in [0.29, 0.717) is 12.5 Å². The van der Waals surface area contributed by atoms with Crippen molar-refractivity contribution in [1.82, 2.24) is 10.3 Å². The largest absolute Gasteiger partial charge is 0.497 e. The van der Waals surface area contributed by atoms with Crippen molar-refractivity contribution in [2.75, 3.05) is 31.4 Å². The highest BCUT2D eigenvalue weighted by Crippen LogP contribution is 2.44. The lowest BCUT2D eigenvalue weighted by Gasteiger charge is -2.37. The maximum absolute atomic E-state index is 13.3. The van der Waals surface area contributed by atoms with Crippen molar-refractivity contribution in [1.29, 1.82) is 0 Å². The number of fused-ring (bicyclic) bond motifs is 1. The summed E-state index contributed by atoms with van der Waals surface area (Å²) in [6.07, 6.45) is 10.7. The Hall–Kier alpha value is -2.93. The molecule has 2 aliphatic carbocycles. The first-order chi connectivity index (χ1) is 19.4. The topological polar surface area (TPSA) is 66.5 Å². The molecule has 214 valence electrons. The van der Waals surface area contributed by atoms with Crippen molar-refractivity contribution in [3.8, 4) is 5.75 Å². The van der Waals surface area contributed by atoms with Gasteiger partial charge in [-0.1, -0.05) is 49.6 Å². The Morgan fingerprint density at radius 1 is 1.00 bits per heavy atom. The lowest BCUT2D eigenvalue weighted by molar-refractivity contribution is -0.122. The summed E-state index contributed by atoms with van der Waals surface area (Å²) in [5.41, 5.74) is 3.48. The third-order valence-corrected chi connectivity index (χ3v) is 10.2. The molecule has 0 bridgehead atoms. The molecule has 0 spiro atoms. The third-order valence-electron chi connectivity index (χ3n) is 8.57. The van der Waals surface area contributed by atoms with Crippen LogP contribution in [0.4, 0.5) is 11.5 Å². The number of hydrogen-bond acceptors (Lipinski definition) is 6. The number of para-hydroxylation sites is 1. The first-order valence-electron chi connectivity index (χ1n) is 14.8. The number of anilines is 2. The summed E-state index contributed by atoms with van der Waals surface area (Å²) in [6.45, 7) is 0. The minimum atomic E-state index is 0.0485. The summed E-state index contributed by atoms with van der Waals surface area (Å²) < 4.78 is 5.35. The third kappa shape index (κ3) is 7.22. The zero-order valence-electron chi connectivity index (χ0n) is 24.2. The van der Waals surface area contributed by atoms with Gasteiger partial charge in [0, 0.05) is 60.2 Å². The number of thioether (sulfide) groups is 1. The fourth-order valence-corrected chi connectivity index (χ4v) is 7.77. The van der Waals surface area contributed by atoms with E-state index in [4.69, 9.17) is 9.72 Å². The van der Waals surface area contributed by atoms with Gasteiger partial charge in [-0.2, -0.15) is 0 Å². The molecule has 0 saturated heterocycles. The Morgan fingerprint density at radius 2 is 1.70 bits per heavy atom. The number of amides is 1. The van der Waals surface area contributed by atoms with Crippen LogP contribution in [-0.4, -0.2) is 48.9 Å². The summed E-state index contributed by atoms with van der Waals surface area (Å²) in [7, 11) is 5.86. The van der Waals surface area contributed by atoms with Crippen LogP contribution in [0.25, 0.3) is 10.9 Å². The Morgan fingerprint density at radius 3 is 2.40 bits per heavy atom. The molecule has 3 aromatic rings. The van der Waals surface area contributed by atoms with Crippen LogP contribution < -0.4 is 20.3 Å². The van der Waals surface area contributed by atoms with E-state index in [1.54, 1.807) is 7.11 Å². The zero-order valence-corrected chi connectivity index (χ0v) is 25.1. The molecule has 5 rings (SSSR count). The van der Waals surface area contributed by atoms with E-state index < -0.39 is 0 Å². The molecule has 0 radical (unpaired) electrons. The fourth-order valence-electron chi connectivity index (χ4n) is 6.29. The number of benzene rings is 2. The van der Waals surface area contributed by atoms with Crippen LogP contribution in [-0.2, 0) is 10.5 Å². The molecular formula is C33H44N4O2S. The lowest BCUT2D eigenvalue weighted by Crippen LogP contribution is -2.43. The van der Waals surface area contributed by atoms with Gasteiger partial charge in [-0.25, -0.2) is 4.98 Å². The van der Waals surface area contributed by atoms with Crippen LogP contribution in [0.15, 0.2) is 54.6 Å². The van der Waals surface area contributed by atoms with Crippen molar-refractivity contribution in [3.63, 3.8) is 0 Å². The average Bonchev–Trinajstić information content (AvgIpc) is 2.97. The predicted octanol–water partition coefficient (Wildman–Crippen LogP) is 7.18. The highest BCUT2D eigenvalue weighted by Gasteiger charge is 2.35. The molecule has 2 fully saturated rings. The molecule has 2 aromatic carbocycles. The van der Waals surface area contributed by atoms with E-state index in [0.717, 1.165) is 61.4 Å². The van der Waals surface area contributed by atoms with Gasteiger partial charge in [-0.05, 0) is 62.3 Å². The molecule has 0 aliphatic heterocycles. The van der Waals surface area contributed by atoms with Crippen molar-refractivity contribution >= 4 is 40.1 Å². The fraction of sp³-hybridized carbons (Fsp3) is 0.515. The van der Waals surface area contributed by atoms with Crippen LogP contribution in [0, 0.1) is 0 Å². The second kappa shape index (κ2) is 13.2. The standard InChI is InChI=1S/C33H44N4O2S/c1-37(2)30-21-31(36-29-10-6-5-9-28(29)30)34-25-13-15-26(16-14-25)35-32(38)22-33(19-7-4-8-20-33)40-23-24-11-17-27(39-3)18-12-24/h5-6,9-12,17-18,21,25-26H,4,7-8,13-16,19-20,22-23H2,1-3H3,(H,34,36)(H,35,38). The number of rotatable bonds is 10. The van der Waals surface area contributed by atoms with Gasteiger partial charge in [-0.15, -0.1) is 11.8 Å². The highest BCUT2D eigenvalue weighted by molar-refractivity contribution is 7.99. The van der Waals surface area contributed by atoms with E-state index in [-0.39, 0.29) is 16.7 Å². The second-order valence-corrected chi connectivity index (χ2v) is 13.2. The van der Waals surface area contributed by atoms with Crippen molar-refractivity contribution in [2.45, 2.75) is 86.8 Å². The van der Waals surface area contributed by atoms with Gasteiger partial charge in [0.1, 0.15) is 11.6 Å². The summed E-state index contributed by atoms with van der Waals surface area (Å²) in [5, 5.41) is 8.28. The van der Waals surface area contributed by atoms with Crippen LogP contribution in [0.5, 0.6) is 5.75 Å². The van der Waals surface area contributed by atoms with Crippen molar-refractivity contribution in [3.05, 3.63) is 60.2 Å². The summed E-state index contributed by atoms with van der Waals surface area (Å²) in [4.78, 5) is 20.3. The van der Waals surface area contributed by atoms with Crippen molar-refractivity contribution in [2.24, 2.45) is 0 Å². The molecule has 2 N–H and O–H groups in total. The van der Waals surface area contributed by atoms with Gasteiger partial charge in [0.25, 0.3) is 0 Å². The molecule has 40 heavy (non-hydrogen) atoms. The number of methoxy groups -OCH3 is 1. The molecule has 1 heterocycles. The van der Waals surface area contributed by atoms with Gasteiger partial charge in [0.05, 0.1) is 12.6 Å². The Kier molecular flexibility index (Phi) is 9.40. The summed E-state index contributed by atoms with van der Waals surface area (Å²) in [5.74, 6) is 2.99. The van der Waals surface area contributed by atoms with Crippen LogP contribution in [0.1, 0.15) is 69.8 Å². The lowest BCUT2D eigenvalue weighted by atomic mass is 9.85. The number of ether oxygens (including phenoxy) is 1. The maximum atomic E-state index is 13.3. The molecule has 0 unspecified atom stereocenters. The number of carbonyl (C=O) groups is 1. The van der Waals surface area contributed by atoms with E-state index in [1.807, 2.05) is 30.0 Å². The van der Waals surface area contributed by atoms with E-state index in [9.17, 15) is 4.79 Å². The molecule has 2 aliphatic rings. The van der Waals surface area contributed by atoms with Gasteiger partial charge in [0.2, 0.25) is 5.91 Å². The quantitative estimate of drug-likeness (QED) is 0.274. The molecule has 1 amide bonds. The normalized spacial score (nSPS) is 20.6. The highest BCUT2D eigenvalue weighted by atomic mass is 32.2. The van der Waals surface area contributed by atoms with Gasteiger partial charge in [-0.3, -0.25) is 4.79 Å². The molecule has 2 saturated carbocycles. The second-order valence-electron chi connectivity index (χ2n) is 11.8. The van der Waals surface area contributed by atoms with Crippen LogP contribution in [0.3, 0.4) is 0 Å². The minimum Gasteiger partial charge on any atom is -0.497 e. The van der Waals surface area contributed by atoms with Gasteiger partial charge in [0.15, 0.2) is 0 Å². The zero-order chi connectivity index (χ0) is 28.0. The minimum absolute atomic E-state index is 0.0485. The number of aromatic nitrogens is 1.